The number of H-pyrrole nitrogens is 1. The molecule has 0 saturated carbocycles. The normalized spacial score (nSPS) is 13.8. The van der Waals surface area contributed by atoms with Gasteiger partial charge in [0.05, 0.1) is 29.9 Å². The Balaban J connectivity index is 1.29. The Morgan fingerprint density at radius 2 is 2.18 bits per heavy atom. The van der Waals surface area contributed by atoms with Gasteiger partial charge in [0.25, 0.3) is 0 Å². The van der Waals surface area contributed by atoms with E-state index in [9.17, 15) is 4.79 Å². The second-order valence-corrected chi connectivity index (χ2v) is 7.51. The van der Waals surface area contributed by atoms with Gasteiger partial charge in [0.15, 0.2) is 0 Å². The highest BCUT2D eigenvalue weighted by molar-refractivity contribution is 5.77. The first kappa shape index (κ1) is 18.7. The molecule has 1 aromatic carbocycles. The van der Waals surface area contributed by atoms with Crippen LogP contribution in [0, 0.1) is 0 Å². The lowest BCUT2D eigenvalue weighted by Crippen LogP contribution is -2.26. The minimum absolute atomic E-state index is 0.0360. The number of para-hydroxylation sites is 2. The van der Waals surface area contributed by atoms with Crippen molar-refractivity contribution in [2.45, 2.75) is 52.2 Å². The molecule has 2 aromatic heterocycles. The number of aryl methyl sites for hydroxylation is 1. The number of aromatic amines is 1. The van der Waals surface area contributed by atoms with Crippen molar-refractivity contribution >= 4 is 16.9 Å². The highest BCUT2D eigenvalue weighted by atomic mass is 16.5. The van der Waals surface area contributed by atoms with Gasteiger partial charge in [-0.1, -0.05) is 12.1 Å². The second-order valence-electron chi connectivity index (χ2n) is 7.51. The van der Waals surface area contributed by atoms with Gasteiger partial charge in [-0.05, 0) is 26.0 Å². The maximum Gasteiger partial charge on any atom is 0.220 e. The number of hydrogen-bond donors (Lipinski definition) is 2. The van der Waals surface area contributed by atoms with Crippen LogP contribution in [0.3, 0.4) is 0 Å². The number of amides is 1. The van der Waals surface area contributed by atoms with Gasteiger partial charge in [-0.2, -0.15) is 5.10 Å². The lowest BCUT2D eigenvalue weighted by atomic mass is 10.1. The Morgan fingerprint density at radius 1 is 1.32 bits per heavy atom. The van der Waals surface area contributed by atoms with E-state index in [1.165, 1.54) is 11.3 Å². The molecule has 0 radical (unpaired) electrons. The first-order valence-corrected chi connectivity index (χ1v) is 9.99. The molecule has 0 spiro atoms. The summed E-state index contributed by atoms with van der Waals surface area (Å²) in [6, 6.07) is 8.23. The summed E-state index contributed by atoms with van der Waals surface area (Å²) in [6.07, 6.45) is 2.65. The average Bonchev–Trinajstić information content (AvgIpc) is 3.28. The molecule has 0 atom stereocenters. The van der Waals surface area contributed by atoms with Crippen LogP contribution in [-0.2, 0) is 35.4 Å². The standard InChI is InChI=1S/C21H27N5O2/c1-14(2)26-19-10-12-28-13-15(19)16(25-26)9-11-22-21(27)8-7-20-23-17-5-3-4-6-18(17)24-20/h3-6,14H,7-13H2,1-2H3,(H,22,27)(H,23,24). The molecule has 7 nitrogen and oxygen atoms in total. The Morgan fingerprint density at radius 3 is 3.00 bits per heavy atom. The number of nitrogens with one attached hydrogen (secondary N) is 2. The van der Waals surface area contributed by atoms with Crippen molar-refractivity contribution in [2.75, 3.05) is 13.2 Å². The van der Waals surface area contributed by atoms with Crippen LogP contribution in [0.15, 0.2) is 24.3 Å². The molecule has 7 heteroatoms. The molecule has 3 heterocycles. The zero-order chi connectivity index (χ0) is 19.5. The number of nitrogens with zero attached hydrogens (tertiary/aromatic N) is 3. The van der Waals surface area contributed by atoms with E-state index >= 15 is 0 Å². The number of rotatable bonds is 7. The van der Waals surface area contributed by atoms with E-state index in [1.54, 1.807) is 0 Å². The molecule has 4 rings (SSSR count). The maximum atomic E-state index is 12.2. The highest BCUT2D eigenvalue weighted by Crippen LogP contribution is 2.24. The third-order valence-corrected chi connectivity index (χ3v) is 5.13. The van der Waals surface area contributed by atoms with Crippen molar-refractivity contribution in [3.63, 3.8) is 0 Å². The molecule has 2 N–H and O–H groups in total. The molecule has 1 amide bonds. The predicted octanol–water partition coefficient (Wildman–Crippen LogP) is 2.70. The Kier molecular flexibility index (Phi) is 5.43. The Labute approximate surface area is 164 Å². The second kappa shape index (κ2) is 8.14. The number of hydrogen-bond acceptors (Lipinski definition) is 4. The molecule has 0 bridgehead atoms. The molecule has 148 valence electrons. The van der Waals surface area contributed by atoms with E-state index < -0.39 is 0 Å². The van der Waals surface area contributed by atoms with E-state index in [2.05, 4.69) is 33.8 Å². The number of imidazole rings is 1. The number of ether oxygens (including phenoxy) is 1. The zero-order valence-electron chi connectivity index (χ0n) is 16.5. The van der Waals surface area contributed by atoms with Crippen LogP contribution >= 0.6 is 0 Å². The molecule has 0 aliphatic carbocycles. The van der Waals surface area contributed by atoms with Gasteiger partial charge < -0.3 is 15.0 Å². The van der Waals surface area contributed by atoms with E-state index in [1.807, 2.05) is 24.3 Å². The molecule has 1 aliphatic heterocycles. The third kappa shape index (κ3) is 3.94. The first-order chi connectivity index (χ1) is 13.6. The van der Waals surface area contributed by atoms with Crippen LogP contribution in [0.2, 0.25) is 0 Å². The van der Waals surface area contributed by atoms with Crippen LogP contribution in [0.25, 0.3) is 11.0 Å². The quantitative estimate of drug-likeness (QED) is 0.659. The summed E-state index contributed by atoms with van der Waals surface area (Å²) in [7, 11) is 0. The number of fused-ring (bicyclic) bond motifs is 2. The summed E-state index contributed by atoms with van der Waals surface area (Å²) in [5, 5.41) is 7.79. The number of carbonyl (C=O) groups is 1. The molecule has 3 aromatic rings. The molecular weight excluding hydrogens is 354 g/mol. The van der Waals surface area contributed by atoms with Crippen molar-refractivity contribution in [2.24, 2.45) is 0 Å². The maximum absolute atomic E-state index is 12.2. The minimum atomic E-state index is 0.0360. The van der Waals surface area contributed by atoms with Gasteiger partial charge in [-0.15, -0.1) is 0 Å². The molecular formula is C21H27N5O2. The summed E-state index contributed by atoms with van der Waals surface area (Å²) in [5.74, 6) is 0.882. The number of benzene rings is 1. The zero-order valence-corrected chi connectivity index (χ0v) is 16.5. The van der Waals surface area contributed by atoms with Crippen molar-refractivity contribution in [1.82, 2.24) is 25.1 Å². The number of carbonyl (C=O) groups excluding carboxylic acids is 1. The van der Waals surface area contributed by atoms with Crippen LogP contribution in [0.5, 0.6) is 0 Å². The van der Waals surface area contributed by atoms with Gasteiger partial charge >= 0.3 is 0 Å². The molecule has 1 aliphatic rings. The fraction of sp³-hybridized carbons (Fsp3) is 0.476. The molecule has 28 heavy (non-hydrogen) atoms. The summed E-state index contributed by atoms with van der Waals surface area (Å²) in [4.78, 5) is 20.0. The van der Waals surface area contributed by atoms with Crippen molar-refractivity contribution in [1.29, 1.82) is 0 Å². The van der Waals surface area contributed by atoms with E-state index in [0.717, 1.165) is 42.0 Å². The number of aromatic nitrogens is 4. The van der Waals surface area contributed by atoms with Crippen molar-refractivity contribution < 1.29 is 9.53 Å². The third-order valence-electron chi connectivity index (χ3n) is 5.13. The fourth-order valence-corrected chi connectivity index (χ4v) is 3.72. The summed E-state index contributed by atoms with van der Waals surface area (Å²) < 4.78 is 7.73. The molecule has 0 saturated heterocycles. The average molecular weight is 381 g/mol. The minimum Gasteiger partial charge on any atom is -0.376 e. The van der Waals surface area contributed by atoms with Crippen LogP contribution in [-0.4, -0.2) is 38.8 Å². The fourth-order valence-electron chi connectivity index (χ4n) is 3.72. The van der Waals surface area contributed by atoms with Crippen LogP contribution < -0.4 is 5.32 Å². The van der Waals surface area contributed by atoms with Crippen molar-refractivity contribution in [3.05, 3.63) is 47.0 Å². The molecule has 0 fully saturated rings. The van der Waals surface area contributed by atoms with Crippen LogP contribution in [0.4, 0.5) is 0 Å². The SMILES string of the molecule is CC(C)n1nc(CCNC(=O)CCc2nc3ccccc3[nH]2)c2c1CCOC2. The highest BCUT2D eigenvalue weighted by Gasteiger charge is 2.22. The van der Waals surface area contributed by atoms with Gasteiger partial charge in [0.1, 0.15) is 5.82 Å². The Bertz CT molecular complexity index is 939. The summed E-state index contributed by atoms with van der Waals surface area (Å²) in [5.41, 5.74) is 5.47. The van der Waals surface area contributed by atoms with Gasteiger partial charge in [-0.25, -0.2) is 4.98 Å². The van der Waals surface area contributed by atoms with Crippen molar-refractivity contribution in [3.8, 4) is 0 Å². The van der Waals surface area contributed by atoms with Crippen LogP contribution in [0.1, 0.15) is 49.1 Å². The summed E-state index contributed by atoms with van der Waals surface area (Å²) in [6.45, 7) is 6.25. The van der Waals surface area contributed by atoms with E-state index in [0.29, 0.717) is 32.0 Å². The topological polar surface area (TPSA) is 84.8 Å². The monoisotopic (exact) mass is 381 g/mol. The Hall–Kier alpha value is -2.67. The van der Waals surface area contributed by atoms with E-state index in [-0.39, 0.29) is 5.91 Å². The van der Waals surface area contributed by atoms with Gasteiger partial charge in [0.2, 0.25) is 5.91 Å². The summed E-state index contributed by atoms with van der Waals surface area (Å²) >= 11 is 0. The first-order valence-electron chi connectivity index (χ1n) is 9.99. The van der Waals surface area contributed by atoms with Gasteiger partial charge in [0, 0.05) is 49.5 Å². The lowest BCUT2D eigenvalue weighted by Gasteiger charge is -2.16. The largest absolute Gasteiger partial charge is 0.376 e. The molecule has 0 unspecified atom stereocenters. The van der Waals surface area contributed by atoms with Gasteiger partial charge in [-0.3, -0.25) is 9.48 Å². The predicted molar refractivity (Wildman–Crippen MR) is 107 cm³/mol. The van der Waals surface area contributed by atoms with E-state index in [4.69, 9.17) is 9.84 Å². The smallest absolute Gasteiger partial charge is 0.220 e. The lowest BCUT2D eigenvalue weighted by molar-refractivity contribution is -0.121.